The number of hydrogen-bond donors (Lipinski definition) is 0. The molecule has 5 atom stereocenters. The number of esters is 1. The number of benzene rings is 1. The van der Waals surface area contributed by atoms with Gasteiger partial charge in [-0.05, 0) is 19.1 Å². The smallest absolute Gasteiger partial charge is 0.338 e. The Hall–Kier alpha value is -1.57. The van der Waals surface area contributed by atoms with E-state index >= 15 is 0 Å². The minimum atomic E-state index is -1.59. The second kappa shape index (κ2) is 14.5. The summed E-state index contributed by atoms with van der Waals surface area (Å²) >= 11 is 0. The molecule has 0 aromatic heterocycles. The van der Waals surface area contributed by atoms with Crippen molar-refractivity contribution in [2.75, 3.05) is 33.9 Å². The second-order valence-electron chi connectivity index (χ2n) is 6.95. The number of carbonyl (C=O) groups is 2. The Balaban J connectivity index is 0.00000233. The quantitative estimate of drug-likeness (QED) is 0.387. The highest BCUT2D eigenvalue weighted by molar-refractivity contribution is 7.41. The molecule has 0 bridgehead atoms. The van der Waals surface area contributed by atoms with E-state index in [0.29, 0.717) is 18.7 Å². The van der Waals surface area contributed by atoms with Gasteiger partial charge >= 0.3 is 14.6 Å². The molecule has 2 rings (SSSR count). The average Bonchev–Trinajstić information content (AvgIpc) is 3.05. The van der Waals surface area contributed by atoms with Gasteiger partial charge in [0.2, 0.25) is 5.91 Å². The van der Waals surface area contributed by atoms with E-state index in [0.717, 1.165) is 0 Å². The van der Waals surface area contributed by atoms with Crippen LogP contribution in [0.4, 0.5) is 0 Å². The Bertz CT molecular complexity index is 661. The van der Waals surface area contributed by atoms with Gasteiger partial charge in [0.1, 0.15) is 12.2 Å². The van der Waals surface area contributed by atoms with Crippen LogP contribution in [0.15, 0.2) is 30.3 Å². The molecule has 1 aromatic carbocycles. The van der Waals surface area contributed by atoms with E-state index in [-0.39, 0.29) is 30.5 Å². The fraction of sp³-hybridized carbons (Fsp3) is 0.636. The lowest BCUT2D eigenvalue weighted by Crippen LogP contribution is -2.34. The molecular formula is C22H36NO7P. The molecule has 0 radical (unpaired) electrons. The summed E-state index contributed by atoms with van der Waals surface area (Å²) in [4.78, 5) is 25.2. The van der Waals surface area contributed by atoms with Crippen LogP contribution >= 0.6 is 8.60 Å². The minimum Gasteiger partial charge on any atom is -0.456 e. The molecule has 1 aromatic rings. The standard InChI is InChI=1S/C20H30NO7P.C2H6/c1-14-15(2)27-18(19(14)28-20(23)17-9-7-6-8-10-17)13-26-29(24-5)25-12-11-21(4)16(3)22;1-2/h6-10,14-15,18-19H,11-13H2,1-5H3;1-2H3/t14-,15-,18+,19-,29?;/m0./s1. The molecule has 0 spiro atoms. The highest BCUT2D eigenvalue weighted by Gasteiger charge is 2.43. The second-order valence-corrected chi connectivity index (χ2v) is 8.28. The zero-order valence-corrected chi connectivity index (χ0v) is 20.5. The van der Waals surface area contributed by atoms with Crippen molar-refractivity contribution in [2.24, 2.45) is 5.92 Å². The predicted molar refractivity (Wildman–Crippen MR) is 120 cm³/mol. The molecule has 176 valence electrons. The molecule has 1 saturated heterocycles. The van der Waals surface area contributed by atoms with E-state index in [1.165, 1.54) is 14.0 Å². The molecule has 0 N–H and O–H groups in total. The van der Waals surface area contributed by atoms with Crippen molar-refractivity contribution < 1.29 is 32.6 Å². The van der Waals surface area contributed by atoms with Gasteiger partial charge in [0, 0.05) is 33.5 Å². The molecule has 31 heavy (non-hydrogen) atoms. The maximum absolute atomic E-state index is 12.5. The Morgan fingerprint density at radius 3 is 2.35 bits per heavy atom. The van der Waals surface area contributed by atoms with E-state index in [2.05, 4.69) is 0 Å². The molecule has 1 unspecified atom stereocenters. The van der Waals surface area contributed by atoms with Crippen molar-refractivity contribution in [3.8, 4) is 0 Å². The van der Waals surface area contributed by atoms with Crippen LogP contribution in [0.3, 0.4) is 0 Å². The van der Waals surface area contributed by atoms with Gasteiger partial charge in [-0.1, -0.05) is 39.0 Å². The first-order chi connectivity index (χ1) is 14.8. The van der Waals surface area contributed by atoms with Crippen LogP contribution in [0.1, 0.15) is 45.0 Å². The third kappa shape index (κ3) is 8.83. The molecule has 1 fully saturated rings. The Morgan fingerprint density at radius 1 is 1.13 bits per heavy atom. The van der Waals surface area contributed by atoms with Crippen LogP contribution in [0.25, 0.3) is 0 Å². The van der Waals surface area contributed by atoms with Crippen molar-refractivity contribution in [3.05, 3.63) is 35.9 Å². The van der Waals surface area contributed by atoms with Crippen LogP contribution < -0.4 is 0 Å². The van der Waals surface area contributed by atoms with Crippen LogP contribution in [0, 0.1) is 5.92 Å². The fourth-order valence-corrected chi connectivity index (χ4v) is 3.64. The minimum absolute atomic E-state index is 0.0233. The zero-order valence-electron chi connectivity index (χ0n) is 19.6. The monoisotopic (exact) mass is 457 g/mol. The maximum atomic E-state index is 12.5. The highest BCUT2D eigenvalue weighted by Crippen LogP contribution is 2.40. The van der Waals surface area contributed by atoms with Crippen LogP contribution in [0.5, 0.6) is 0 Å². The molecule has 8 nitrogen and oxygen atoms in total. The lowest BCUT2D eigenvalue weighted by atomic mass is 9.99. The van der Waals surface area contributed by atoms with E-state index in [1.807, 2.05) is 33.8 Å². The van der Waals surface area contributed by atoms with E-state index < -0.39 is 20.8 Å². The lowest BCUT2D eigenvalue weighted by molar-refractivity contribution is -0.127. The summed E-state index contributed by atoms with van der Waals surface area (Å²) in [5.74, 6) is -0.403. The first kappa shape index (κ1) is 27.5. The molecule has 1 aliphatic heterocycles. The number of nitrogens with zero attached hydrogens (tertiary/aromatic N) is 1. The SMILES string of the molecule is CC.COP(OCCN(C)C(C)=O)OC[C@H]1O[C@@H](C)[C@H](C)[C@@H]1OC(=O)c1ccccc1. The van der Waals surface area contributed by atoms with Gasteiger partial charge in [0.15, 0.2) is 0 Å². The molecule has 9 heteroatoms. The third-order valence-corrected chi connectivity index (χ3v) is 5.97. The number of ether oxygens (including phenoxy) is 2. The Kier molecular flexibility index (Phi) is 12.8. The summed E-state index contributed by atoms with van der Waals surface area (Å²) in [5.41, 5.74) is 0.496. The van der Waals surface area contributed by atoms with Crippen molar-refractivity contribution >= 4 is 20.5 Å². The van der Waals surface area contributed by atoms with E-state index in [1.54, 1.807) is 36.2 Å². The topological polar surface area (TPSA) is 83.5 Å². The summed E-state index contributed by atoms with van der Waals surface area (Å²) in [7, 11) is 1.60. The summed E-state index contributed by atoms with van der Waals surface area (Å²) in [6.45, 7) is 10.3. The highest BCUT2D eigenvalue weighted by atomic mass is 31.2. The fourth-order valence-electron chi connectivity index (χ4n) is 2.85. The summed E-state index contributed by atoms with van der Waals surface area (Å²) in [6, 6.07) is 8.86. The molecular weight excluding hydrogens is 421 g/mol. The summed E-state index contributed by atoms with van der Waals surface area (Å²) in [5, 5.41) is 0. The predicted octanol–water partition coefficient (Wildman–Crippen LogP) is 4.05. The molecule has 0 aliphatic carbocycles. The van der Waals surface area contributed by atoms with Gasteiger partial charge in [0.05, 0.1) is 24.9 Å². The number of hydrogen-bond acceptors (Lipinski definition) is 7. The summed E-state index contributed by atoms with van der Waals surface area (Å²) in [6.07, 6.45) is -0.928. The Labute approximate surface area is 187 Å². The van der Waals surface area contributed by atoms with Crippen molar-refractivity contribution in [1.82, 2.24) is 4.90 Å². The largest absolute Gasteiger partial charge is 0.456 e. The first-order valence-corrected chi connectivity index (χ1v) is 11.7. The van der Waals surface area contributed by atoms with Gasteiger partial charge in [-0.2, -0.15) is 0 Å². The van der Waals surface area contributed by atoms with Gasteiger partial charge in [-0.15, -0.1) is 0 Å². The van der Waals surface area contributed by atoms with E-state index in [4.69, 9.17) is 23.0 Å². The van der Waals surface area contributed by atoms with Crippen LogP contribution in [0.2, 0.25) is 0 Å². The normalized spacial score (nSPS) is 23.5. The lowest BCUT2D eigenvalue weighted by Gasteiger charge is -2.23. The van der Waals surface area contributed by atoms with Gasteiger partial charge in [0.25, 0.3) is 0 Å². The summed E-state index contributed by atoms with van der Waals surface area (Å²) < 4.78 is 28.2. The molecule has 1 amide bonds. The van der Waals surface area contributed by atoms with Gasteiger partial charge in [-0.25, -0.2) is 4.79 Å². The van der Waals surface area contributed by atoms with Crippen molar-refractivity contribution in [1.29, 1.82) is 0 Å². The van der Waals surface area contributed by atoms with Crippen LogP contribution in [-0.4, -0.2) is 69.0 Å². The van der Waals surface area contributed by atoms with Gasteiger partial charge < -0.3 is 27.9 Å². The van der Waals surface area contributed by atoms with Crippen molar-refractivity contribution in [3.63, 3.8) is 0 Å². The molecule has 1 aliphatic rings. The molecule has 1 heterocycles. The van der Waals surface area contributed by atoms with Crippen LogP contribution in [-0.2, 0) is 27.8 Å². The number of amides is 1. The zero-order chi connectivity index (χ0) is 23.4. The van der Waals surface area contributed by atoms with E-state index in [9.17, 15) is 9.59 Å². The maximum Gasteiger partial charge on any atom is 0.338 e. The molecule has 0 saturated carbocycles. The van der Waals surface area contributed by atoms with Gasteiger partial charge in [-0.3, -0.25) is 4.79 Å². The Morgan fingerprint density at radius 2 is 1.77 bits per heavy atom. The van der Waals surface area contributed by atoms with Crippen molar-refractivity contribution in [2.45, 2.75) is 52.9 Å². The number of rotatable bonds is 10. The number of carbonyl (C=O) groups excluding carboxylic acids is 2. The average molecular weight is 458 g/mol. The third-order valence-electron chi connectivity index (χ3n) is 4.92. The number of likely N-dealkylation sites (N-methyl/N-ethyl adjacent to an activating group) is 1. The first-order valence-electron chi connectivity index (χ1n) is 10.6.